The van der Waals surface area contributed by atoms with Gasteiger partial charge in [0.1, 0.15) is 0 Å². The molecular formula is C11H12FNO2S. The third kappa shape index (κ3) is 3.00. The Balaban J connectivity index is 2.83. The topological polar surface area (TPSA) is 29.5 Å². The summed E-state index contributed by atoms with van der Waals surface area (Å²) in [6.07, 6.45) is 0. The van der Waals surface area contributed by atoms with Gasteiger partial charge in [0.05, 0.1) is 12.2 Å². The van der Waals surface area contributed by atoms with Gasteiger partial charge in [0, 0.05) is 12.7 Å². The van der Waals surface area contributed by atoms with Crippen LogP contribution in [0.1, 0.15) is 17.3 Å². The Morgan fingerprint density at radius 1 is 1.44 bits per heavy atom. The predicted molar refractivity (Wildman–Crippen MR) is 64.5 cm³/mol. The van der Waals surface area contributed by atoms with Crippen molar-refractivity contribution in [3.8, 4) is 0 Å². The zero-order chi connectivity index (χ0) is 12.1. The van der Waals surface area contributed by atoms with E-state index in [9.17, 15) is 9.18 Å². The Hall–Kier alpha value is -1.49. The van der Waals surface area contributed by atoms with Gasteiger partial charge in [0.2, 0.25) is 0 Å². The molecule has 0 aliphatic heterocycles. The molecule has 0 atom stereocenters. The molecule has 1 aromatic carbocycles. The van der Waals surface area contributed by atoms with Crippen molar-refractivity contribution in [3.05, 3.63) is 29.8 Å². The lowest BCUT2D eigenvalue weighted by Gasteiger charge is -2.14. The first-order valence-corrected chi connectivity index (χ1v) is 5.17. The predicted octanol–water partition coefficient (Wildman–Crippen LogP) is 2.55. The number of halogens is 1. The molecule has 0 saturated carbocycles. The van der Waals surface area contributed by atoms with E-state index in [0.29, 0.717) is 17.9 Å². The highest BCUT2D eigenvalue weighted by molar-refractivity contribution is 7.80. The summed E-state index contributed by atoms with van der Waals surface area (Å²) in [6.45, 7) is 2.07. The number of rotatable bonds is 3. The molecule has 3 nitrogen and oxygen atoms in total. The maximum atomic E-state index is 12.7. The molecule has 0 fully saturated rings. The van der Waals surface area contributed by atoms with Gasteiger partial charge < -0.3 is 9.64 Å². The highest BCUT2D eigenvalue weighted by Crippen LogP contribution is 2.15. The first kappa shape index (κ1) is 12.6. The van der Waals surface area contributed by atoms with Gasteiger partial charge in [-0.15, -0.1) is 0 Å². The summed E-state index contributed by atoms with van der Waals surface area (Å²) in [5, 5.41) is -0.719. The fraction of sp³-hybridized carbons (Fsp3) is 0.273. The Kier molecular flexibility index (Phi) is 4.37. The van der Waals surface area contributed by atoms with Crippen LogP contribution in [-0.4, -0.2) is 24.9 Å². The molecule has 0 N–H and O–H groups in total. The number of hydrogen-bond donors (Lipinski definition) is 0. The number of carbonyl (C=O) groups excluding carboxylic acids is 1. The van der Waals surface area contributed by atoms with Crippen LogP contribution in [0.25, 0.3) is 0 Å². The van der Waals surface area contributed by atoms with E-state index in [1.165, 1.54) is 11.9 Å². The van der Waals surface area contributed by atoms with Crippen molar-refractivity contribution in [3.63, 3.8) is 0 Å². The smallest absolute Gasteiger partial charge is 0.338 e. The van der Waals surface area contributed by atoms with Crippen LogP contribution in [0.4, 0.5) is 10.1 Å². The molecule has 0 spiro atoms. The number of benzene rings is 1. The summed E-state index contributed by atoms with van der Waals surface area (Å²) in [5.41, 5.74) is 1.02. The Morgan fingerprint density at radius 3 is 2.44 bits per heavy atom. The van der Waals surface area contributed by atoms with E-state index in [-0.39, 0.29) is 5.97 Å². The average Bonchev–Trinajstić information content (AvgIpc) is 2.28. The number of esters is 1. The highest BCUT2D eigenvalue weighted by Gasteiger charge is 2.08. The molecule has 0 amide bonds. The molecule has 0 aliphatic rings. The number of hydrogen-bond acceptors (Lipinski definition) is 3. The molecule has 0 aliphatic carbocycles. The fourth-order valence-corrected chi connectivity index (χ4v) is 1.24. The third-order valence-corrected chi connectivity index (χ3v) is 2.30. The van der Waals surface area contributed by atoms with E-state index in [4.69, 9.17) is 4.74 Å². The minimum atomic E-state index is -0.719. The van der Waals surface area contributed by atoms with Gasteiger partial charge in [-0.05, 0) is 43.4 Å². The van der Waals surface area contributed by atoms with Crippen molar-refractivity contribution in [1.29, 1.82) is 0 Å². The molecular weight excluding hydrogens is 229 g/mol. The van der Waals surface area contributed by atoms with E-state index >= 15 is 0 Å². The first-order chi connectivity index (χ1) is 7.56. The number of nitrogens with zero attached hydrogens (tertiary/aromatic N) is 1. The number of thiocarbonyl (C=S) groups is 1. The maximum absolute atomic E-state index is 12.7. The zero-order valence-corrected chi connectivity index (χ0v) is 9.88. The van der Waals surface area contributed by atoms with Crippen molar-refractivity contribution in [2.24, 2.45) is 0 Å². The van der Waals surface area contributed by atoms with Gasteiger partial charge in [-0.25, -0.2) is 4.79 Å². The van der Waals surface area contributed by atoms with Gasteiger partial charge in [-0.2, -0.15) is 4.39 Å². The molecule has 0 heterocycles. The SMILES string of the molecule is CCOC(=O)c1ccc(N(C)C(F)=S)cc1. The van der Waals surface area contributed by atoms with Gasteiger partial charge in [0.15, 0.2) is 0 Å². The standard InChI is InChI=1S/C11H12FNO2S/c1-3-15-10(14)8-4-6-9(7-5-8)13(2)11(12)16/h4-7H,3H2,1-2H3. The summed E-state index contributed by atoms with van der Waals surface area (Å²) in [6, 6.07) is 6.36. The fourth-order valence-electron chi connectivity index (χ4n) is 1.14. The van der Waals surface area contributed by atoms with E-state index in [0.717, 1.165) is 0 Å². The summed E-state index contributed by atoms with van der Waals surface area (Å²) in [5.74, 6) is -0.389. The van der Waals surface area contributed by atoms with Crippen LogP contribution in [0, 0.1) is 0 Å². The lowest BCUT2D eigenvalue weighted by atomic mass is 10.2. The van der Waals surface area contributed by atoms with Crippen LogP contribution >= 0.6 is 12.2 Å². The Morgan fingerprint density at radius 2 is 2.00 bits per heavy atom. The van der Waals surface area contributed by atoms with Crippen molar-refractivity contribution < 1.29 is 13.9 Å². The molecule has 0 bridgehead atoms. The van der Waals surface area contributed by atoms with Gasteiger partial charge in [-0.3, -0.25) is 0 Å². The summed E-state index contributed by atoms with van der Waals surface area (Å²) < 4.78 is 17.5. The highest BCUT2D eigenvalue weighted by atomic mass is 32.1. The van der Waals surface area contributed by atoms with Crippen molar-refractivity contribution in [1.82, 2.24) is 0 Å². The monoisotopic (exact) mass is 241 g/mol. The Labute approximate surface area is 98.8 Å². The molecule has 1 aromatic rings. The molecule has 5 heteroatoms. The van der Waals surface area contributed by atoms with Crippen LogP contribution in [0.3, 0.4) is 0 Å². The molecule has 1 rings (SSSR count). The second-order valence-electron chi connectivity index (χ2n) is 3.08. The Bertz CT molecular complexity index is 391. The largest absolute Gasteiger partial charge is 0.462 e. The lowest BCUT2D eigenvalue weighted by molar-refractivity contribution is 0.0526. The number of carbonyl (C=O) groups is 1. The summed E-state index contributed by atoms with van der Waals surface area (Å²) in [4.78, 5) is 12.5. The van der Waals surface area contributed by atoms with Gasteiger partial charge in [0.25, 0.3) is 5.24 Å². The third-order valence-electron chi connectivity index (χ3n) is 2.03. The van der Waals surface area contributed by atoms with Gasteiger partial charge >= 0.3 is 5.97 Å². The molecule has 0 saturated heterocycles. The van der Waals surface area contributed by atoms with E-state index in [2.05, 4.69) is 12.2 Å². The van der Waals surface area contributed by atoms with E-state index < -0.39 is 5.24 Å². The van der Waals surface area contributed by atoms with Crippen LogP contribution < -0.4 is 4.90 Å². The second kappa shape index (κ2) is 5.55. The van der Waals surface area contributed by atoms with Crippen LogP contribution in [0.5, 0.6) is 0 Å². The van der Waals surface area contributed by atoms with Crippen LogP contribution in [-0.2, 0) is 4.74 Å². The molecule has 0 aromatic heterocycles. The number of anilines is 1. The second-order valence-corrected chi connectivity index (χ2v) is 3.42. The van der Waals surface area contributed by atoms with Gasteiger partial charge in [-0.1, -0.05) is 0 Å². The van der Waals surface area contributed by atoms with Crippen molar-refractivity contribution in [2.75, 3.05) is 18.6 Å². The number of ether oxygens (including phenoxy) is 1. The maximum Gasteiger partial charge on any atom is 0.338 e. The normalized spacial score (nSPS) is 9.69. The van der Waals surface area contributed by atoms with Crippen LogP contribution in [0.2, 0.25) is 0 Å². The molecule has 0 radical (unpaired) electrons. The quantitative estimate of drug-likeness (QED) is 0.352. The first-order valence-electron chi connectivity index (χ1n) is 4.76. The molecule has 0 unspecified atom stereocenters. The van der Waals surface area contributed by atoms with Crippen molar-refractivity contribution >= 4 is 29.1 Å². The average molecular weight is 241 g/mol. The minimum absolute atomic E-state index is 0.328. The lowest BCUT2D eigenvalue weighted by Crippen LogP contribution is -2.20. The zero-order valence-electron chi connectivity index (χ0n) is 9.07. The minimum Gasteiger partial charge on any atom is -0.462 e. The van der Waals surface area contributed by atoms with E-state index in [1.807, 2.05) is 0 Å². The van der Waals surface area contributed by atoms with E-state index in [1.54, 1.807) is 31.2 Å². The van der Waals surface area contributed by atoms with Crippen molar-refractivity contribution in [2.45, 2.75) is 6.92 Å². The summed E-state index contributed by atoms with van der Waals surface area (Å²) >= 11 is 4.39. The van der Waals surface area contributed by atoms with Crippen LogP contribution in [0.15, 0.2) is 24.3 Å². The molecule has 16 heavy (non-hydrogen) atoms. The molecule has 86 valence electrons. The summed E-state index contributed by atoms with van der Waals surface area (Å²) in [7, 11) is 1.52.